The monoisotopic (exact) mass is 161 g/mol. The van der Waals surface area contributed by atoms with E-state index in [0.717, 1.165) is 5.56 Å². The molecule has 1 aliphatic heterocycles. The van der Waals surface area contributed by atoms with Crippen LogP contribution in [0, 0.1) is 0 Å². The molecule has 0 spiro atoms. The number of carbonyl (C=O) groups excluding carboxylic acids is 1. The highest BCUT2D eigenvalue weighted by atomic mass is 16.5. The number of ether oxygens (including phenoxy) is 1. The van der Waals surface area contributed by atoms with Gasteiger partial charge in [0.15, 0.2) is 6.40 Å². The Hall–Kier alpha value is -1.64. The van der Waals surface area contributed by atoms with Crippen LogP contribution in [0.2, 0.25) is 0 Å². The minimum absolute atomic E-state index is 0.233. The SMILES string of the molecule is O=C1N=COCc2ccccc21. The normalized spacial score (nSPS) is 14.8. The lowest BCUT2D eigenvalue weighted by Crippen LogP contribution is -1.97. The van der Waals surface area contributed by atoms with Crippen molar-refractivity contribution in [2.24, 2.45) is 4.99 Å². The average Bonchev–Trinajstić information content (AvgIpc) is 2.29. The Balaban J connectivity index is 2.53. The Labute approximate surface area is 69.7 Å². The van der Waals surface area contributed by atoms with Crippen LogP contribution in [-0.4, -0.2) is 12.3 Å². The van der Waals surface area contributed by atoms with Gasteiger partial charge in [-0.05, 0) is 6.07 Å². The van der Waals surface area contributed by atoms with Crippen LogP contribution in [0.3, 0.4) is 0 Å². The van der Waals surface area contributed by atoms with Gasteiger partial charge in [0.2, 0.25) is 0 Å². The fourth-order valence-electron chi connectivity index (χ4n) is 1.14. The molecule has 0 fully saturated rings. The molecule has 0 aromatic heterocycles. The zero-order valence-electron chi connectivity index (χ0n) is 6.36. The molecule has 0 radical (unpaired) electrons. The molecule has 60 valence electrons. The second-order valence-electron chi connectivity index (χ2n) is 2.51. The third-order valence-corrected chi connectivity index (χ3v) is 1.73. The van der Waals surface area contributed by atoms with Crippen molar-refractivity contribution in [3.8, 4) is 0 Å². The number of carbonyl (C=O) groups is 1. The molecule has 0 saturated carbocycles. The first kappa shape index (κ1) is 7.03. The fraction of sp³-hybridized carbons (Fsp3) is 0.111. The van der Waals surface area contributed by atoms with Gasteiger partial charge in [0, 0.05) is 11.1 Å². The minimum Gasteiger partial charge on any atom is -0.478 e. The highest BCUT2D eigenvalue weighted by molar-refractivity contribution is 5.99. The van der Waals surface area contributed by atoms with Crippen molar-refractivity contribution in [2.75, 3.05) is 0 Å². The molecule has 2 rings (SSSR count). The summed E-state index contributed by atoms with van der Waals surface area (Å²) >= 11 is 0. The lowest BCUT2D eigenvalue weighted by Gasteiger charge is -2.00. The van der Waals surface area contributed by atoms with Gasteiger partial charge in [-0.1, -0.05) is 18.2 Å². The van der Waals surface area contributed by atoms with Crippen molar-refractivity contribution in [3.63, 3.8) is 0 Å². The zero-order chi connectivity index (χ0) is 8.39. The molecule has 12 heavy (non-hydrogen) atoms. The van der Waals surface area contributed by atoms with Gasteiger partial charge in [0.05, 0.1) is 0 Å². The maximum absolute atomic E-state index is 11.2. The molecular weight excluding hydrogens is 154 g/mol. The van der Waals surface area contributed by atoms with E-state index in [4.69, 9.17) is 4.74 Å². The first-order valence-corrected chi connectivity index (χ1v) is 3.64. The number of fused-ring (bicyclic) bond motifs is 1. The van der Waals surface area contributed by atoms with Crippen molar-refractivity contribution in [1.29, 1.82) is 0 Å². The number of amides is 1. The Morgan fingerprint density at radius 2 is 2.17 bits per heavy atom. The van der Waals surface area contributed by atoms with Gasteiger partial charge < -0.3 is 4.74 Å². The molecular formula is C9H7NO2. The average molecular weight is 161 g/mol. The molecule has 3 heteroatoms. The number of nitrogens with zero attached hydrogens (tertiary/aromatic N) is 1. The van der Waals surface area contributed by atoms with Gasteiger partial charge >= 0.3 is 0 Å². The summed E-state index contributed by atoms with van der Waals surface area (Å²) in [6.07, 6.45) is 1.20. The summed E-state index contributed by atoms with van der Waals surface area (Å²) in [6, 6.07) is 7.31. The summed E-state index contributed by atoms with van der Waals surface area (Å²) in [6.45, 7) is 0.422. The number of benzene rings is 1. The first-order valence-electron chi connectivity index (χ1n) is 3.64. The second-order valence-corrected chi connectivity index (χ2v) is 2.51. The largest absolute Gasteiger partial charge is 0.478 e. The number of hydrogen-bond acceptors (Lipinski definition) is 2. The lowest BCUT2D eigenvalue weighted by molar-refractivity contribution is 0.100. The number of aliphatic imine (C=N–C) groups is 1. The maximum atomic E-state index is 11.2. The Bertz CT molecular complexity index is 344. The van der Waals surface area contributed by atoms with E-state index in [1.165, 1.54) is 6.40 Å². The van der Waals surface area contributed by atoms with Crippen LogP contribution in [0.1, 0.15) is 15.9 Å². The summed E-state index contributed by atoms with van der Waals surface area (Å²) in [7, 11) is 0. The van der Waals surface area contributed by atoms with Gasteiger partial charge in [-0.25, -0.2) is 0 Å². The van der Waals surface area contributed by atoms with Gasteiger partial charge in [0.1, 0.15) is 6.61 Å². The second kappa shape index (κ2) is 2.77. The van der Waals surface area contributed by atoms with E-state index < -0.39 is 0 Å². The van der Waals surface area contributed by atoms with E-state index in [-0.39, 0.29) is 5.91 Å². The quantitative estimate of drug-likeness (QED) is 0.576. The predicted octanol–water partition coefficient (Wildman–Crippen LogP) is 1.39. The number of hydrogen-bond donors (Lipinski definition) is 0. The number of rotatable bonds is 0. The van der Waals surface area contributed by atoms with Crippen LogP contribution < -0.4 is 0 Å². The van der Waals surface area contributed by atoms with Crippen LogP contribution in [0.5, 0.6) is 0 Å². The van der Waals surface area contributed by atoms with Crippen LogP contribution in [-0.2, 0) is 11.3 Å². The predicted molar refractivity (Wildman–Crippen MR) is 44.1 cm³/mol. The highest BCUT2D eigenvalue weighted by Gasteiger charge is 2.11. The summed E-state index contributed by atoms with van der Waals surface area (Å²) in [5.74, 6) is -0.233. The fourth-order valence-corrected chi connectivity index (χ4v) is 1.14. The minimum atomic E-state index is -0.233. The van der Waals surface area contributed by atoms with Crippen LogP contribution in [0.15, 0.2) is 29.3 Å². The molecule has 0 atom stereocenters. The van der Waals surface area contributed by atoms with Crippen LogP contribution >= 0.6 is 0 Å². The summed E-state index contributed by atoms with van der Waals surface area (Å²) in [4.78, 5) is 14.8. The Kier molecular flexibility index (Phi) is 1.63. The molecule has 1 aromatic carbocycles. The molecule has 1 aromatic rings. The topological polar surface area (TPSA) is 38.7 Å². The molecule has 1 amide bonds. The molecule has 3 nitrogen and oxygen atoms in total. The molecule has 1 aliphatic rings. The van der Waals surface area contributed by atoms with E-state index >= 15 is 0 Å². The lowest BCUT2D eigenvalue weighted by atomic mass is 10.1. The third kappa shape index (κ3) is 1.09. The first-order chi connectivity index (χ1) is 5.88. The van der Waals surface area contributed by atoms with Crippen molar-refractivity contribution in [2.45, 2.75) is 6.61 Å². The molecule has 0 bridgehead atoms. The van der Waals surface area contributed by atoms with Crippen LogP contribution in [0.4, 0.5) is 0 Å². The van der Waals surface area contributed by atoms with Crippen molar-refractivity contribution < 1.29 is 9.53 Å². The molecule has 0 aliphatic carbocycles. The zero-order valence-corrected chi connectivity index (χ0v) is 6.36. The van der Waals surface area contributed by atoms with E-state index in [2.05, 4.69) is 4.99 Å². The Morgan fingerprint density at radius 3 is 3.08 bits per heavy atom. The summed E-state index contributed by atoms with van der Waals surface area (Å²) in [5, 5.41) is 0. The van der Waals surface area contributed by atoms with Crippen LogP contribution in [0.25, 0.3) is 0 Å². The van der Waals surface area contributed by atoms with E-state index in [1.54, 1.807) is 6.07 Å². The van der Waals surface area contributed by atoms with Crippen molar-refractivity contribution in [1.82, 2.24) is 0 Å². The van der Waals surface area contributed by atoms with Gasteiger partial charge in [-0.15, -0.1) is 0 Å². The van der Waals surface area contributed by atoms with Gasteiger partial charge in [-0.2, -0.15) is 4.99 Å². The van der Waals surface area contributed by atoms with E-state index in [9.17, 15) is 4.79 Å². The Morgan fingerprint density at radius 1 is 1.33 bits per heavy atom. The maximum Gasteiger partial charge on any atom is 0.280 e. The van der Waals surface area contributed by atoms with Crippen molar-refractivity contribution in [3.05, 3.63) is 35.4 Å². The molecule has 0 saturated heterocycles. The molecule has 0 N–H and O–H groups in total. The van der Waals surface area contributed by atoms with Gasteiger partial charge in [-0.3, -0.25) is 4.79 Å². The highest BCUT2D eigenvalue weighted by Crippen LogP contribution is 2.12. The van der Waals surface area contributed by atoms with E-state index in [1.807, 2.05) is 18.2 Å². The summed E-state index contributed by atoms with van der Waals surface area (Å²) in [5.41, 5.74) is 1.52. The third-order valence-electron chi connectivity index (χ3n) is 1.73. The molecule has 1 heterocycles. The standard InChI is InChI=1S/C9H7NO2/c11-9-8-4-2-1-3-7(8)5-12-6-10-9/h1-4,6H,5H2. The smallest absolute Gasteiger partial charge is 0.280 e. The van der Waals surface area contributed by atoms with Gasteiger partial charge in [0.25, 0.3) is 5.91 Å². The molecule has 0 unspecified atom stereocenters. The summed E-state index contributed by atoms with van der Waals surface area (Å²) < 4.78 is 4.98. The van der Waals surface area contributed by atoms with Crippen molar-refractivity contribution >= 4 is 12.3 Å². The van der Waals surface area contributed by atoms with E-state index in [0.29, 0.717) is 12.2 Å².